The van der Waals surface area contributed by atoms with Gasteiger partial charge in [-0.3, -0.25) is 10.1 Å². The molecule has 0 aromatic heterocycles. The number of nitro benzene ring substituents is 1. The van der Waals surface area contributed by atoms with Crippen molar-refractivity contribution in [3.8, 4) is 0 Å². The summed E-state index contributed by atoms with van der Waals surface area (Å²) in [6.07, 6.45) is 0. The normalized spacial score (nSPS) is 15.2. The number of non-ortho nitro benzene ring substituents is 1. The van der Waals surface area contributed by atoms with E-state index < -0.39 is 4.92 Å². The number of rotatable bonds is 3. The van der Waals surface area contributed by atoms with Crippen LogP contribution in [0.3, 0.4) is 0 Å². The molecule has 2 rings (SSSR count). The Morgan fingerprint density at radius 3 is 2.24 bits per heavy atom. The molecule has 0 unspecified atom stereocenters. The summed E-state index contributed by atoms with van der Waals surface area (Å²) in [6, 6.07) is 6.61. The van der Waals surface area contributed by atoms with Gasteiger partial charge in [-0.1, -0.05) is 0 Å². The lowest BCUT2D eigenvalue weighted by molar-refractivity contribution is -0.384. The van der Waals surface area contributed by atoms with Crippen molar-refractivity contribution < 1.29 is 9.72 Å². The number of hydrogen-bond donors (Lipinski definition) is 1. The van der Waals surface area contributed by atoms with Gasteiger partial charge < -0.3 is 15.1 Å². The Balaban J connectivity index is 1.91. The van der Waals surface area contributed by atoms with Crippen LogP contribution in [0.2, 0.25) is 0 Å². The van der Waals surface area contributed by atoms with Crippen molar-refractivity contribution in [2.75, 3.05) is 31.1 Å². The molecule has 0 spiro atoms. The maximum Gasteiger partial charge on any atom is 0.317 e. The first-order valence-electron chi connectivity index (χ1n) is 7.02. The van der Waals surface area contributed by atoms with Crippen LogP contribution in [0.1, 0.15) is 13.8 Å². The molecule has 1 aromatic carbocycles. The average molecular weight is 292 g/mol. The highest BCUT2D eigenvalue weighted by Crippen LogP contribution is 2.20. The lowest BCUT2D eigenvalue weighted by atomic mass is 10.2. The molecular weight excluding hydrogens is 272 g/mol. The van der Waals surface area contributed by atoms with E-state index in [0.29, 0.717) is 13.1 Å². The number of hydrogen-bond acceptors (Lipinski definition) is 4. The number of nitro groups is 1. The molecular formula is C14H20N4O3. The topological polar surface area (TPSA) is 78.7 Å². The van der Waals surface area contributed by atoms with Crippen molar-refractivity contribution in [3.63, 3.8) is 0 Å². The van der Waals surface area contributed by atoms with Crippen molar-refractivity contribution >= 4 is 17.4 Å². The molecule has 114 valence electrons. The molecule has 0 bridgehead atoms. The van der Waals surface area contributed by atoms with E-state index in [0.717, 1.165) is 18.8 Å². The zero-order chi connectivity index (χ0) is 15.4. The number of carbonyl (C=O) groups excluding carboxylic acids is 1. The number of urea groups is 1. The van der Waals surface area contributed by atoms with Gasteiger partial charge in [0, 0.05) is 50.0 Å². The van der Waals surface area contributed by atoms with Gasteiger partial charge in [-0.15, -0.1) is 0 Å². The molecule has 1 N–H and O–H groups in total. The second-order valence-electron chi connectivity index (χ2n) is 5.35. The van der Waals surface area contributed by atoms with E-state index in [9.17, 15) is 14.9 Å². The number of nitrogens with one attached hydrogen (secondary N) is 1. The minimum absolute atomic E-state index is 0.0339. The Labute approximate surface area is 123 Å². The highest BCUT2D eigenvalue weighted by atomic mass is 16.6. The molecule has 0 saturated carbocycles. The Morgan fingerprint density at radius 2 is 1.76 bits per heavy atom. The smallest absolute Gasteiger partial charge is 0.317 e. The molecule has 7 heteroatoms. The van der Waals surface area contributed by atoms with Crippen molar-refractivity contribution in [1.29, 1.82) is 0 Å². The summed E-state index contributed by atoms with van der Waals surface area (Å²) in [7, 11) is 0. The van der Waals surface area contributed by atoms with Gasteiger partial charge in [-0.25, -0.2) is 4.79 Å². The van der Waals surface area contributed by atoms with E-state index in [2.05, 4.69) is 10.2 Å². The minimum atomic E-state index is -0.405. The third-order valence-corrected chi connectivity index (χ3v) is 3.40. The number of benzene rings is 1. The predicted octanol–water partition coefficient (Wildman–Crippen LogP) is 1.83. The molecule has 1 saturated heterocycles. The van der Waals surface area contributed by atoms with Crippen molar-refractivity contribution in [1.82, 2.24) is 10.2 Å². The molecule has 0 aliphatic carbocycles. The zero-order valence-corrected chi connectivity index (χ0v) is 12.3. The SMILES string of the molecule is CC(C)NC(=O)N1CCN(c2ccc([N+](=O)[O-])cc2)CC1. The Kier molecular flexibility index (Phi) is 4.62. The van der Waals surface area contributed by atoms with Crippen LogP contribution in [0.4, 0.5) is 16.2 Å². The monoisotopic (exact) mass is 292 g/mol. The predicted molar refractivity (Wildman–Crippen MR) is 80.6 cm³/mol. The first kappa shape index (κ1) is 15.1. The van der Waals surface area contributed by atoms with Crippen LogP contribution in [-0.2, 0) is 0 Å². The highest BCUT2D eigenvalue weighted by Gasteiger charge is 2.21. The summed E-state index contributed by atoms with van der Waals surface area (Å²) in [4.78, 5) is 26.0. The van der Waals surface area contributed by atoms with Crippen LogP contribution >= 0.6 is 0 Å². The molecule has 1 heterocycles. The first-order chi connectivity index (χ1) is 9.97. The lowest BCUT2D eigenvalue weighted by Gasteiger charge is -2.36. The quantitative estimate of drug-likeness (QED) is 0.681. The molecule has 2 amide bonds. The summed E-state index contributed by atoms with van der Waals surface area (Å²) in [5.41, 5.74) is 1.04. The molecule has 1 aliphatic heterocycles. The van der Waals surface area contributed by atoms with Crippen LogP contribution in [0.5, 0.6) is 0 Å². The maximum absolute atomic E-state index is 11.9. The third kappa shape index (κ3) is 3.84. The van der Waals surface area contributed by atoms with E-state index in [1.54, 1.807) is 17.0 Å². The zero-order valence-electron chi connectivity index (χ0n) is 12.3. The fourth-order valence-corrected chi connectivity index (χ4v) is 2.29. The summed E-state index contributed by atoms with van der Waals surface area (Å²) in [6.45, 7) is 6.62. The summed E-state index contributed by atoms with van der Waals surface area (Å²) in [5, 5.41) is 13.5. The summed E-state index contributed by atoms with van der Waals surface area (Å²) < 4.78 is 0. The van der Waals surface area contributed by atoms with Gasteiger partial charge in [0.05, 0.1) is 4.92 Å². The van der Waals surface area contributed by atoms with Gasteiger partial charge in [-0.2, -0.15) is 0 Å². The van der Waals surface area contributed by atoms with Gasteiger partial charge in [0.1, 0.15) is 0 Å². The Bertz CT molecular complexity index is 507. The Hall–Kier alpha value is -2.31. The second-order valence-corrected chi connectivity index (χ2v) is 5.35. The first-order valence-corrected chi connectivity index (χ1v) is 7.02. The van der Waals surface area contributed by atoms with Crippen LogP contribution < -0.4 is 10.2 Å². The standard InChI is InChI=1S/C14H20N4O3/c1-11(2)15-14(19)17-9-7-16(8-10-17)12-3-5-13(6-4-12)18(20)21/h3-6,11H,7-10H2,1-2H3,(H,15,19). The van der Waals surface area contributed by atoms with Crippen LogP contribution in [-0.4, -0.2) is 48.1 Å². The van der Waals surface area contributed by atoms with Gasteiger partial charge in [-0.05, 0) is 26.0 Å². The fourth-order valence-electron chi connectivity index (χ4n) is 2.29. The summed E-state index contributed by atoms with van der Waals surface area (Å²) in [5.74, 6) is 0. The number of amides is 2. The Morgan fingerprint density at radius 1 is 1.19 bits per heavy atom. The molecule has 21 heavy (non-hydrogen) atoms. The van der Waals surface area contributed by atoms with Gasteiger partial charge >= 0.3 is 6.03 Å². The molecule has 0 atom stereocenters. The van der Waals surface area contributed by atoms with E-state index >= 15 is 0 Å². The van der Waals surface area contributed by atoms with Crippen molar-refractivity contribution in [2.45, 2.75) is 19.9 Å². The average Bonchev–Trinajstić information content (AvgIpc) is 2.47. The fraction of sp³-hybridized carbons (Fsp3) is 0.500. The van der Waals surface area contributed by atoms with Gasteiger partial charge in [0.25, 0.3) is 5.69 Å². The van der Waals surface area contributed by atoms with Crippen molar-refractivity contribution in [3.05, 3.63) is 34.4 Å². The van der Waals surface area contributed by atoms with Crippen molar-refractivity contribution in [2.24, 2.45) is 0 Å². The number of nitrogens with zero attached hydrogens (tertiary/aromatic N) is 3. The lowest BCUT2D eigenvalue weighted by Crippen LogP contribution is -2.52. The van der Waals surface area contributed by atoms with Gasteiger partial charge in [0.15, 0.2) is 0 Å². The largest absolute Gasteiger partial charge is 0.368 e. The number of piperazine rings is 1. The highest BCUT2D eigenvalue weighted by molar-refractivity contribution is 5.74. The number of anilines is 1. The molecule has 1 aromatic rings. The molecule has 0 radical (unpaired) electrons. The van der Waals surface area contributed by atoms with E-state index in [4.69, 9.17) is 0 Å². The van der Waals surface area contributed by atoms with Crippen LogP contribution in [0, 0.1) is 10.1 Å². The van der Waals surface area contributed by atoms with E-state index in [-0.39, 0.29) is 17.8 Å². The van der Waals surface area contributed by atoms with Gasteiger partial charge in [0.2, 0.25) is 0 Å². The second kappa shape index (κ2) is 6.43. The minimum Gasteiger partial charge on any atom is -0.368 e. The molecule has 7 nitrogen and oxygen atoms in total. The van der Waals surface area contributed by atoms with Crippen LogP contribution in [0.25, 0.3) is 0 Å². The van der Waals surface area contributed by atoms with E-state index in [1.165, 1.54) is 12.1 Å². The summed E-state index contributed by atoms with van der Waals surface area (Å²) >= 11 is 0. The van der Waals surface area contributed by atoms with E-state index in [1.807, 2.05) is 13.8 Å². The van der Waals surface area contributed by atoms with Crippen LogP contribution in [0.15, 0.2) is 24.3 Å². The molecule has 1 aliphatic rings. The number of carbonyl (C=O) groups is 1. The maximum atomic E-state index is 11.9. The third-order valence-electron chi connectivity index (χ3n) is 3.40. The molecule has 1 fully saturated rings.